The van der Waals surface area contributed by atoms with Gasteiger partial charge in [0, 0.05) is 18.8 Å². The molecule has 1 saturated heterocycles. The first-order valence-electron chi connectivity index (χ1n) is 8.81. The lowest BCUT2D eigenvalue weighted by Crippen LogP contribution is -2.41. The van der Waals surface area contributed by atoms with Crippen LogP contribution in [0.2, 0.25) is 0 Å². The molecule has 28 heavy (non-hydrogen) atoms. The highest BCUT2D eigenvalue weighted by molar-refractivity contribution is 7.89. The van der Waals surface area contributed by atoms with E-state index in [2.05, 4.69) is 10.6 Å². The standard InChI is InChI=1S/C19H23N3O4S2/c1-14-3-8-17(18(13-14)28(23,24)22-9-11-26-12-10-22)21-19(27)20-15-4-6-16(25-2)7-5-15/h3-8,13H,9-12H2,1-2H3,(H2,20,21,27). The lowest BCUT2D eigenvalue weighted by molar-refractivity contribution is 0.0730. The second-order valence-corrected chi connectivity index (χ2v) is 8.64. The van der Waals surface area contributed by atoms with Crippen LogP contribution in [-0.4, -0.2) is 51.2 Å². The van der Waals surface area contributed by atoms with Crippen molar-refractivity contribution in [3.8, 4) is 5.75 Å². The molecule has 1 aliphatic rings. The van der Waals surface area contributed by atoms with Gasteiger partial charge in [-0.15, -0.1) is 0 Å². The Bertz CT molecular complexity index is 940. The monoisotopic (exact) mass is 421 g/mol. The summed E-state index contributed by atoms with van der Waals surface area (Å²) in [6, 6.07) is 12.5. The van der Waals surface area contributed by atoms with E-state index in [1.165, 1.54) is 4.31 Å². The van der Waals surface area contributed by atoms with Gasteiger partial charge in [0.1, 0.15) is 10.6 Å². The summed E-state index contributed by atoms with van der Waals surface area (Å²) in [4.78, 5) is 0.202. The third-order valence-corrected chi connectivity index (χ3v) is 6.46. The van der Waals surface area contributed by atoms with E-state index in [0.717, 1.165) is 17.0 Å². The minimum absolute atomic E-state index is 0.202. The Morgan fingerprint density at radius 2 is 1.79 bits per heavy atom. The van der Waals surface area contributed by atoms with Crippen molar-refractivity contribution in [2.24, 2.45) is 0 Å². The number of methoxy groups -OCH3 is 1. The highest BCUT2D eigenvalue weighted by Crippen LogP contribution is 2.27. The van der Waals surface area contributed by atoms with E-state index in [-0.39, 0.29) is 4.90 Å². The molecule has 2 aromatic rings. The van der Waals surface area contributed by atoms with Gasteiger partial charge in [0.2, 0.25) is 10.0 Å². The SMILES string of the molecule is COc1ccc(NC(=S)Nc2ccc(C)cc2S(=O)(=O)N2CCOCC2)cc1. The summed E-state index contributed by atoms with van der Waals surface area (Å²) in [5, 5.41) is 6.36. The van der Waals surface area contributed by atoms with Crippen molar-refractivity contribution >= 4 is 38.7 Å². The number of hydrogen-bond donors (Lipinski definition) is 2. The van der Waals surface area contributed by atoms with Crippen LogP contribution in [0.3, 0.4) is 0 Å². The van der Waals surface area contributed by atoms with Crippen molar-refractivity contribution in [3.05, 3.63) is 48.0 Å². The highest BCUT2D eigenvalue weighted by atomic mass is 32.2. The van der Waals surface area contributed by atoms with Gasteiger partial charge < -0.3 is 20.1 Å². The van der Waals surface area contributed by atoms with Gasteiger partial charge in [0.05, 0.1) is 26.0 Å². The lowest BCUT2D eigenvalue weighted by Gasteiger charge is -2.27. The molecule has 2 aromatic carbocycles. The number of anilines is 2. The van der Waals surface area contributed by atoms with Crippen LogP contribution < -0.4 is 15.4 Å². The average molecular weight is 422 g/mol. The molecule has 0 aliphatic carbocycles. The molecule has 0 aromatic heterocycles. The molecular formula is C19H23N3O4S2. The van der Waals surface area contributed by atoms with E-state index >= 15 is 0 Å². The van der Waals surface area contributed by atoms with Crippen LogP contribution in [0.25, 0.3) is 0 Å². The number of aryl methyl sites for hydroxylation is 1. The van der Waals surface area contributed by atoms with Crippen molar-refractivity contribution in [3.63, 3.8) is 0 Å². The van der Waals surface area contributed by atoms with Crippen molar-refractivity contribution < 1.29 is 17.9 Å². The zero-order valence-corrected chi connectivity index (χ0v) is 17.4. The predicted octanol–water partition coefficient (Wildman–Crippen LogP) is 2.83. The van der Waals surface area contributed by atoms with E-state index < -0.39 is 10.0 Å². The molecule has 7 nitrogen and oxygen atoms in total. The van der Waals surface area contributed by atoms with E-state index in [4.69, 9.17) is 21.7 Å². The maximum atomic E-state index is 13.1. The number of thiocarbonyl (C=S) groups is 1. The van der Waals surface area contributed by atoms with E-state index in [1.54, 1.807) is 19.2 Å². The number of nitrogens with zero attached hydrogens (tertiary/aromatic N) is 1. The van der Waals surface area contributed by atoms with Crippen molar-refractivity contribution in [1.82, 2.24) is 4.31 Å². The van der Waals surface area contributed by atoms with Crippen LogP contribution in [0.5, 0.6) is 5.75 Å². The fraction of sp³-hybridized carbons (Fsp3) is 0.316. The van der Waals surface area contributed by atoms with Crippen LogP contribution in [-0.2, 0) is 14.8 Å². The molecule has 3 rings (SSSR count). The van der Waals surface area contributed by atoms with Crippen LogP contribution in [0.15, 0.2) is 47.4 Å². The fourth-order valence-corrected chi connectivity index (χ4v) is 4.70. The Morgan fingerprint density at radius 1 is 1.11 bits per heavy atom. The summed E-state index contributed by atoms with van der Waals surface area (Å²) in [5.41, 5.74) is 2.05. The minimum Gasteiger partial charge on any atom is -0.497 e. The van der Waals surface area contributed by atoms with E-state index in [0.29, 0.717) is 37.1 Å². The third-order valence-electron chi connectivity index (χ3n) is 4.32. The van der Waals surface area contributed by atoms with Crippen molar-refractivity contribution in [1.29, 1.82) is 0 Å². The van der Waals surface area contributed by atoms with Crippen LogP contribution in [0.1, 0.15) is 5.56 Å². The summed E-state index contributed by atoms with van der Waals surface area (Å²) in [5.74, 6) is 0.738. The zero-order valence-electron chi connectivity index (χ0n) is 15.8. The van der Waals surface area contributed by atoms with Gasteiger partial charge in [0.25, 0.3) is 0 Å². The molecule has 1 heterocycles. The quantitative estimate of drug-likeness (QED) is 0.719. The summed E-state index contributed by atoms with van der Waals surface area (Å²) >= 11 is 5.37. The number of morpholine rings is 1. The molecule has 2 N–H and O–H groups in total. The molecule has 1 fully saturated rings. The first-order valence-corrected chi connectivity index (χ1v) is 10.7. The molecule has 150 valence electrons. The number of benzene rings is 2. The molecule has 9 heteroatoms. The number of ether oxygens (including phenoxy) is 2. The molecule has 0 spiro atoms. The summed E-state index contributed by atoms with van der Waals surface area (Å²) < 4.78 is 38.1. The first kappa shape index (κ1) is 20.5. The lowest BCUT2D eigenvalue weighted by atomic mass is 10.2. The predicted molar refractivity (Wildman–Crippen MR) is 114 cm³/mol. The van der Waals surface area contributed by atoms with Crippen molar-refractivity contribution in [2.45, 2.75) is 11.8 Å². The Hall–Kier alpha value is -2.20. The number of nitrogens with one attached hydrogen (secondary N) is 2. The minimum atomic E-state index is -3.66. The molecule has 0 amide bonds. The largest absolute Gasteiger partial charge is 0.497 e. The maximum Gasteiger partial charge on any atom is 0.245 e. The number of rotatable bonds is 5. The summed E-state index contributed by atoms with van der Waals surface area (Å²) in [7, 11) is -2.06. The zero-order chi connectivity index (χ0) is 20.1. The van der Waals surface area contributed by atoms with Gasteiger partial charge >= 0.3 is 0 Å². The Balaban J connectivity index is 1.80. The molecule has 0 unspecified atom stereocenters. The maximum absolute atomic E-state index is 13.1. The van der Waals surface area contributed by atoms with Crippen LogP contribution in [0, 0.1) is 6.92 Å². The molecule has 0 bridgehead atoms. The normalized spacial score (nSPS) is 15.1. The van der Waals surface area contributed by atoms with Gasteiger partial charge in [-0.2, -0.15) is 4.31 Å². The Kier molecular flexibility index (Phi) is 6.50. The van der Waals surface area contributed by atoms with Crippen LogP contribution >= 0.6 is 12.2 Å². The van der Waals surface area contributed by atoms with Gasteiger partial charge in [-0.05, 0) is 61.1 Å². The van der Waals surface area contributed by atoms with Gasteiger partial charge in [0.15, 0.2) is 5.11 Å². The third kappa shape index (κ3) is 4.79. The molecular weight excluding hydrogens is 398 g/mol. The van der Waals surface area contributed by atoms with E-state index in [9.17, 15) is 8.42 Å². The number of sulfonamides is 1. The second kappa shape index (κ2) is 8.87. The number of hydrogen-bond acceptors (Lipinski definition) is 5. The molecule has 0 saturated carbocycles. The van der Waals surface area contributed by atoms with Crippen molar-refractivity contribution in [2.75, 3.05) is 44.0 Å². The van der Waals surface area contributed by atoms with Crippen LogP contribution in [0.4, 0.5) is 11.4 Å². The Labute approximate surface area is 170 Å². The summed E-state index contributed by atoms with van der Waals surface area (Å²) in [6.07, 6.45) is 0. The van der Waals surface area contributed by atoms with E-state index in [1.807, 2.05) is 37.3 Å². The molecule has 0 atom stereocenters. The topological polar surface area (TPSA) is 79.9 Å². The van der Waals surface area contributed by atoms with Gasteiger partial charge in [-0.1, -0.05) is 6.07 Å². The molecule has 0 radical (unpaired) electrons. The molecule has 1 aliphatic heterocycles. The summed E-state index contributed by atoms with van der Waals surface area (Å²) in [6.45, 7) is 3.32. The average Bonchev–Trinajstić information content (AvgIpc) is 2.70. The van der Waals surface area contributed by atoms with Gasteiger partial charge in [-0.25, -0.2) is 8.42 Å². The Morgan fingerprint density at radius 3 is 2.43 bits per heavy atom. The van der Waals surface area contributed by atoms with Gasteiger partial charge in [-0.3, -0.25) is 0 Å². The second-order valence-electron chi connectivity index (χ2n) is 6.32. The fourth-order valence-electron chi connectivity index (χ4n) is 2.83. The highest BCUT2D eigenvalue weighted by Gasteiger charge is 2.29. The first-order chi connectivity index (χ1) is 13.4. The smallest absolute Gasteiger partial charge is 0.245 e.